The molecule has 0 aliphatic heterocycles. The van der Waals surface area contributed by atoms with E-state index in [4.69, 9.17) is 5.11 Å². The van der Waals surface area contributed by atoms with E-state index in [0.717, 1.165) is 0 Å². The minimum atomic E-state index is -0.154. The third kappa shape index (κ3) is 3.97. The number of halogens is 1. The van der Waals surface area contributed by atoms with E-state index in [1.165, 1.54) is 0 Å². The van der Waals surface area contributed by atoms with Crippen LogP contribution in [0.2, 0.25) is 0 Å². The van der Waals surface area contributed by atoms with Crippen molar-refractivity contribution in [2.24, 2.45) is 0 Å². The Morgan fingerprint density at radius 2 is 2.47 bits per heavy atom. The van der Waals surface area contributed by atoms with Crippen molar-refractivity contribution in [3.63, 3.8) is 0 Å². The van der Waals surface area contributed by atoms with Gasteiger partial charge in [-0.2, -0.15) is 0 Å². The summed E-state index contributed by atoms with van der Waals surface area (Å²) in [4.78, 5) is 15.6. The normalized spacial score (nSPS) is 12.2. The highest BCUT2D eigenvalue weighted by molar-refractivity contribution is 9.10. The van der Waals surface area contributed by atoms with Crippen LogP contribution in [0.1, 0.15) is 23.7 Å². The maximum absolute atomic E-state index is 11.6. The standard InChI is InChI=1S/C10H13BrN2O2/c1-7(3-5-14)13-10(15)8-2-4-12-9(11)6-8/h2,4,6-7,14H,3,5H2,1H3,(H,13,15). The second kappa shape index (κ2) is 5.82. The third-order valence-corrected chi connectivity index (χ3v) is 2.36. The molecule has 0 fully saturated rings. The number of aliphatic hydroxyl groups is 1. The van der Waals surface area contributed by atoms with Gasteiger partial charge in [0.2, 0.25) is 0 Å². The van der Waals surface area contributed by atoms with Crippen molar-refractivity contribution in [1.29, 1.82) is 0 Å². The number of hydrogen-bond donors (Lipinski definition) is 2. The van der Waals surface area contributed by atoms with E-state index in [9.17, 15) is 4.79 Å². The number of carbonyl (C=O) groups is 1. The summed E-state index contributed by atoms with van der Waals surface area (Å²) >= 11 is 3.20. The topological polar surface area (TPSA) is 62.2 Å². The Kier molecular flexibility index (Phi) is 4.71. The molecular formula is C10H13BrN2O2. The second-order valence-corrected chi connectivity index (χ2v) is 4.07. The minimum absolute atomic E-state index is 0.0329. The summed E-state index contributed by atoms with van der Waals surface area (Å²) in [5, 5.41) is 11.5. The Hall–Kier alpha value is -0.940. The first kappa shape index (κ1) is 12.1. The zero-order valence-electron chi connectivity index (χ0n) is 8.40. The van der Waals surface area contributed by atoms with Crippen LogP contribution >= 0.6 is 15.9 Å². The number of pyridine rings is 1. The van der Waals surface area contributed by atoms with Crippen molar-refractivity contribution in [3.05, 3.63) is 28.5 Å². The molecule has 1 amide bonds. The summed E-state index contributed by atoms with van der Waals surface area (Å²) in [6.07, 6.45) is 2.12. The van der Waals surface area contributed by atoms with Crippen LogP contribution in [0.25, 0.3) is 0 Å². The number of carbonyl (C=O) groups excluding carboxylic acids is 1. The number of amides is 1. The molecule has 1 rings (SSSR count). The molecule has 4 nitrogen and oxygen atoms in total. The van der Waals surface area contributed by atoms with Gasteiger partial charge in [0, 0.05) is 24.4 Å². The molecule has 0 spiro atoms. The van der Waals surface area contributed by atoms with Crippen LogP contribution in [0, 0.1) is 0 Å². The van der Waals surface area contributed by atoms with Crippen molar-refractivity contribution in [2.75, 3.05) is 6.61 Å². The number of aliphatic hydroxyl groups excluding tert-OH is 1. The SMILES string of the molecule is CC(CCO)NC(=O)c1ccnc(Br)c1. The van der Waals surface area contributed by atoms with Gasteiger partial charge in [0.25, 0.3) is 5.91 Å². The van der Waals surface area contributed by atoms with Crippen LogP contribution in [-0.4, -0.2) is 28.6 Å². The van der Waals surface area contributed by atoms with Crippen molar-refractivity contribution >= 4 is 21.8 Å². The van der Waals surface area contributed by atoms with E-state index in [1.54, 1.807) is 18.3 Å². The Bertz CT molecular complexity index is 344. The molecule has 1 aromatic rings. The number of nitrogens with one attached hydrogen (secondary N) is 1. The maximum Gasteiger partial charge on any atom is 0.251 e. The molecule has 0 saturated heterocycles. The van der Waals surface area contributed by atoms with Crippen LogP contribution in [0.4, 0.5) is 0 Å². The molecule has 82 valence electrons. The molecule has 0 aromatic carbocycles. The number of rotatable bonds is 4. The first-order valence-corrected chi connectivity index (χ1v) is 5.46. The van der Waals surface area contributed by atoms with E-state index in [-0.39, 0.29) is 18.6 Å². The monoisotopic (exact) mass is 272 g/mol. The summed E-state index contributed by atoms with van der Waals surface area (Å²) < 4.78 is 0.630. The fourth-order valence-electron chi connectivity index (χ4n) is 1.12. The summed E-state index contributed by atoms with van der Waals surface area (Å²) in [6, 6.07) is 3.27. The third-order valence-electron chi connectivity index (χ3n) is 1.93. The van der Waals surface area contributed by atoms with Crippen molar-refractivity contribution in [3.8, 4) is 0 Å². The zero-order chi connectivity index (χ0) is 11.3. The molecule has 5 heteroatoms. The van der Waals surface area contributed by atoms with Gasteiger partial charge < -0.3 is 10.4 Å². The van der Waals surface area contributed by atoms with Crippen LogP contribution in [0.15, 0.2) is 22.9 Å². The van der Waals surface area contributed by atoms with Gasteiger partial charge in [-0.3, -0.25) is 4.79 Å². The van der Waals surface area contributed by atoms with Gasteiger partial charge >= 0.3 is 0 Å². The molecular weight excluding hydrogens is 260 g/mol. The smallest absolute Gasteiger partial charge is 0.251 e. The molecule has 2 N–H and O–H groups in total. The lowest BCUT2D eigenvalue weighted by Gasteiger charge is -2.12. The van der Waals surface area contributed by atoms with Crippen LogP contribution in [0.3, 0.4) is 0 Å². The van der Waals surface area contributed by atoms with Gasteiger partial charge in [0.15, 0.2) is 0 Å². The van der Waals surface area contributed by atoms with Gasteiger partial charge in [0.1, 0.15) is 4.60 Å². The highest BCUT2D eigenvalue weighted by atomic mass is 79.9. The van der Waals surface area contributed by atoms with Crippen molar-refractivity contribution in [1.82, 2.24) is 10.3 Å². The first-order valence-electron chi connectivity index (χ1n) is 4.66. The van der Waals surface area contributed by atoms with Crippen molar-refractivity contribution < 1.29 is 9.90 Å². The number of nitrogens with zero attached hydrogens (tertiary/aromatic N) is 1. The molecule has 1 heterocycles. The predicted molar refractivity (Wildman–Crippen MR) is 60.6 cm³/mol. The lowest BCUT2D eigenvalue weighted by Crippen LogP contribution is -2.33. The summed E-state index contributed by atoms with van der Waals surface area (Å²) in [5.41, 5.74) is 0.557. The molecule has 0 radical (unpaired) electrons. The van der Waals surface area contributed by atoms with E-state index < -0.39 is 0 Å². The average Bonchev–Trinajstić information content (AvgIpc) is 2.18. The molecule has 1 atom stereocenters. The summed E-state index contributed by atoms with van der Waals surface area (Å²) in [7, 11) is 0. The quantitative estimate of drug-likeness (QED) is 0.814. The van der Waals surface area contributed by atoms with Crippen LogP contribution in [0.5, 0.6) is 0 Å². The fraction of sp³-hybridized carbons (Fsp3) is 0.400. The number of hydrogen-bond acceptors (Lipinski definition) is 3. The number of aromatic nitrogens is 1. The second-order valence-electron chi connectivity index (χ2n) is 3.25. The van der Waals surface area contributed by atoms with Gasteiger partial charge in [-0.15, -0.1) is 0 Å². The summed E-state index contributed by atoms with van der Waals surface area (Å²) in [6.45, 7) is 1.92. The maximum atomic E-state index is 11.6. The van der Waals surface area contributed by atoms with Gasteiger partial charge in [-0.1, -0.05) is 0 Å². The molecule has 1 aromatic heterocycles. The molecule has 0 bridgehead atoms. The van der Waals surface area contributed by atoms with Gasteiger partial charge in [0.05, 0.1) is 0 Å². The minimum Gasteiger partial charge on any atom is -0.396 e. The Balaban J connectivity index is 2.61. The van der Waals surface area contributed by atoms with E-state index in [2.05, 4.69) is 26.2 Å². The molecule has 0 aliphatic rings. The molecule has 0 aliphatic carbocycles. The summed E-state index contributed by atoms with van der Waals surface area (Å²) in [5.74, 6) is -0.154. The predicted octanol–water partition coefficient (Wildman–Crippen LogP) is 1.34. The zero-order valence-corrected chi connectivity index (χ0v) is 9.99. The van der Waals surface area contributed by atoms with E-state index in [0.29, 0.717) is 16.6 Å². The Morgan fingerprint density at radius 1 is 1.73 bits per heavy atom. The molecule has 15 heavy (non-hydrogen) atoms. The first-order chi connectivity index (χ1) is 7.13. The van der Waals surface area contributed by atoms with Crippen LogP contribution < -0.4 is 5.32 Å². The van der Waals surface area contributed by atoms with Crippen molar-refractivity contribution in [2.45, 2.75) is 19.4 Å². The van der Waals surface area contributed by atoms with Gasteiger partial charge in [-0.25, -0.2) is 4.98 Å². The van der Waals surface area contributed by atoms with E-state index >= 15 is 0 Å². The largest absolute Gasteiger partial charge is 0.396 e. The highest BCUT2D eigenvalue weighted by Gasteiger charge is 2.09. The Labute approximate surface area is 96.8 Å². The molecule has 1 unspecified atom stereocenters. The van der Waals surface area contributed by atoms with E-state index in [1.807, 2.05) is 6.92 Å². The van der Waals surface area contributed by atoms with Gasteiger partial charge in [-0.05, 0) is 41.4 Å². The average molecular weight is 273 g/mol. The Morgan fingerprint density at radius 3 is 3.07 bits per heavy atom. The van der Waals surface area contributed by atoms with Crippen LogP contribution in [-0.2, 0) is 0 Å². The lowest BCUT2D eigenvalue weighted by molar-refractivity contribution is 0.0934. The molecule has 0 saturated carbocycles. The lowest BCUT2D eigenvalue weighted by atomic mass is 10.2. The highest BCUT2D eigenvalue weighted by Crippen LogP contribution is 2.08. The fourth-order valence-corrected chi connectivity index (χ4v) is 1.48.